The summed E-state index contributed by atoms with van der Waals surface area (Å²) >= 11 is 0. The lowest BCUT2D eigenvalue weighted by Gasteiger charge is -2.08. The molecule has 1 aromatic carbocycles. The molecule has 0 fully saturated rings. The Morgan fingerprint density at radius 1 is 1.06 bits per heavy atom. The first-order chi connectivity index (χ1) is 7.57. The number of benzene rings is 1. The Hall–Kier alpha value is -1.79. The molecule has 0 amide bonds. The Labute approximate surface area is 93.1 Å². The molecule has 1 aromatic heterocycles. The van der Waals surface area contributed by atoms with Crippen molar-refractivity contribution in [1.29, 1.82) is 0 Å². The second kappa shape index (κ2) is 3.99. The standard InChI is InChI=1S/C10H10N2O3S/c11-16(13,14)10-7-4-8-12(10)15-9-5-2-1-3-6-9/h1-8H,(H2,11,13,14). The monoisotopic (exact) mass is 238 g/mol. The van der Waals surface area contributed by atoms with Gasteiger partial charge in [0.15, 0.2) is 10.8 Å². The number of rotatable bonds is 3. The smallest absolute Gasteiger partial charge is 0.256 e. The summed E-state index contributed by atoms with van der Waals surface area (Å²) in [6.45, 7) is 0. The maximum atomic E-state index is 11.2. The maximum Gasteiger partial charge on any atom is 0.256 e. The minimum Gasteiger partial charge on any atom is -0.375 e. The van der Waals surface area contributed by atoms with Gasteiger partial charge in [-0.3, -0.25) is 0 Å². The van der Waals surface area contributed by atoms with Crippen LogP contribution in [0.25, 0.3) is 0 Å². The highest BCUT2D eigenvalue weighted by atomic mass is 32.2. The van der Waals surface area contributed by atoms with Gasteiger partial charge >= 0.3 is 0 Å². The molecule has 2 aromatic rings. The predicted octanol–water partition coefficient (Wildman–Crippen LogP) is 0.978. The number of hydrogen-bond donors (Lipinski definition) is 1. The highest BCUT2D eigenvalue weighted by molar-refractivity contribution is 7.89. The maximum absolute atomic E-state index is 11.2. The zero-order valence-corrected chi connectivity index (χ0v) is 9.09. The van der Waals surface area contributed by atoms with Gasteiger partial charge in [0, 0.05) is 6.20 Å². The van der Waals surface area contributed by atoms with Gasteiger partial charge in [0.05, 0.1) is 0 Å². The quantitative estimate of drug-likeness (QED) is 0.866. The van der Waals surface area contributed by atoms with Gasteiger partial charge in [-0.25, -0.2) is 13.6 Å². The third kappa shape index (κ3) is 2.23. The van der Waals surface area contributed by atoms with Gasteiger partial charge in [0.1, 0.15) is 0 Å². The second-order valence-electron chi connectivity index (χ2n) is 3.12. The first-order valence-electron chi connectivity index (χ1n) is 4.51. The molecule has 0 aliphatic rings. The molecule has 0 aliphatic heterocycles. The van der Waals surface area contributed by atoms with Crippen LogP contribution in [-0.4, -0.2) is 13.1 Å². The van der Waals surface area contributed by atoms with E-state index in [-0.39, 0.29) is 5.03 Å². The van der Waals surface area contributed by atoms with Gasteiger partial charge in [-0.1, -0.05) is 18.2 Å². The lowest BCUT2D eigenvalue weighted by Crippen LogP contribution is -2.19. The van der Waals surface area contributed by atoms with Crippen molar-refractivity contribution >= 4 is 10.0 Å². The van der Waals surface area contributed by atoms with Gasteiger partial charge in [-0.2, -0.15) is 4.73 Å². The Balaban J connectivity index is 2.34. The molecule has 2 N–H and O–H groups in total. The van der Waals surface area contributed by atoms with Crippen molar-refractivity contribution in [3.8, 4) is 5.75 Å². The number of para-hydroxylation sites is 1. The lowest BCUT2D eigenvalue weighted by atomic mass is 10.3. The van der Waals surface area contributed by atoms with Crippen LogP contribution in [0.15, 0.2) is 53.7 Å². The van der Waals surface area contributed by atoms with Crippen molar-refractivity contribution in [2.24, 2.45) is 5.14 Å². The van der Waals surface area contributed by atoms with E-state index in [2.05, 4.69) is 0 Å². The van der Waals surface area contributed by atoms with Gasteiger partial charge in [0.2, 0.25) is 0 Å². The van der Waals surface area contributed by atoms with Crippen molar-refractivity contribution in [2.75, 3.05) is 0 Å². The summed E-state index contributed by atoms with van der Waals surface area (Å²) in [6, 6.07) is 11.8. The molecule has 6 heteroatoms. The highest BCUT2D eigenvalue weighted by Crippen LogP contribution is 2.13. The van der Waals surface area contributed by atoms with E-state index in [1.807, 2.05) is 6.07 Å². The average molecular weight is 238 g/mol. The van der Waals surface area contributed by atoms with Crippen molar-refractivity contribution < 1.29 is 13.3 Å². The van der Waals surface area contributed by atoms with Crippen LogP contribution in [0, 0.1) is 0 Å². The average Bonchev–Trinajstić information content (AvgIpc) is 2.67. The summed E-state index contributed by atoms with van der Waals surface area (Å²) in [5.41, 5.74) is 0. The van der Waals surface area contributed by atoms with E-state index in [1.54, 1.807) is 30.3 Å². The molecule has 0 unspecified atom stereocenters. The van der Waals surface area contributed by atoms with Crippen LogP contribution in [0.5, 0.6) is 5.75 Å². The van der Waals surface area contributed by atoms with Crippen LogP contribution < -0.4 is 9.98 Å². The Kier molecular flexibility index (Phi) is 2.67. The number of nitrogens with zero attached hydrogens (tertiary/aromatic N) is 1. The minimum absolute atomic E-state index is 0.0867. The van der Waals surface area contributed by atoms with Crippen LogP contribution in [0.3, 0.4) is 0 Å². The molecule has 0 saturated carbocycles. The molecule has 0 atom stereocenters. The molecule has 16 heavy (non-hydrogen) atoms. The predicted molar refractivity (Wildman–Crippen MR) is 58.3 cm³/mol. The third-order valence-electron chi connectivity index (χ3n) is 1.92. The molecule has 1 heterocycles. The van der Waals surface area contributed by atoms with Crippen molar-refractivity contribution in [3.63, 3.8) is 0 Å². The van der Waals surface area contributed by atoms with Crippen LogP contribution in [0.4, 0.5) is 0 Å². The van der Waals surface area contributed by atoms with E-state index in [1.165, 1.54) is 12.3 Å². The highest BCUT2D eigenvalue weighted by Gasteiger charge is 2.14. The SMILES string of the molecule is NS(=O)(=O)c1cccn1Oc1ccccc1. The van der Waals surface area contributed by atoms with Crippen LogP contribution in [0.1, 0.15) is 0 Å². The summed E-state index contributed by atoms with van der Waals surface area (Å²) in [7, 11) is -3.77. The van der Waals surface area contributed by atoms with Gasteiger partial charge in [-0.05, 0) is 24.3 Å². The fourth-order valence-corrected chi connectivity index (χ4v) is 1.86. The molecule has 0 bridgehead atoms. The van der Waals surface area contributed by atoms with E-state index in [4.69, 9.17) is 9.98 Å². The Morgan fingerprint density at radius 3 is 2.38 bits per heavy atom. The van der Waals surface area contributed by atoms with E-state index in [0.717, 1.165) is 4.73 Å². The number of sulfonamides is 1. The van der Waals surface area contributed by atoms with E-state index < -0.39 is 10.0 Å². The zero-order valence-electron chi connectivity index (χ0n) is 8.28. The Bertz CT molecular complexity index is 575. The molecule has 0 aliphatic carbocycles. The summed E-state index contributed by atoms with van der Waals surface area (Å²) in [6.07, 6.45) is 1.48. The summed E-state index contributed by atoms with van der Waals surface area (Å²) < 4.78 is 23.5. The molecule has 5 nitrogen and oxygen atoms in total. The minimum atomic E-state index is -3.77. The molecule has 0 radical (unpaired) electrons. The summed E-state index contributed by atoms with van der Waals surface area (Å²) in [5.74, 6) is 0.531. The third-order valence-corrected chi connectivity index (χ3v) is 2.81. The van der Waals surface area contributed by atoms with Crippen molar-refractivity contribution in [3.05, 3.63) is 48.7 Å². The fraction of sp³-hybridized carbons (Fsp3) is 0. The second-order valence-corrected chi connectivity index (χ2v) is 4.63. The normalized spacial score (nSPS) is 11.3. The van der Waals surface area contributed by atoms with E-state index in [0.29, 0.717) is 5.75 Å². The number of primary sulfonamides is 1. The lowest BCUT2D eigenvalue weighted by molar-refractivity contribution is 0.192. The Morgan fingerprint density at radius 2 is 1.75 bits per heavy atom. The molecule has 0 saturated heterocycles. The fourth-order valence-electron chi connectivity index (χ4n) is 1.24. The number of hydrogen-bond acceptors (Lipinski definition) is 3. The van der Waals surface area contributed by atoms with Crippen LogP contribution >= 0.6 is 0 Å². The van der Waals surface area contributed by atoms with Crippen molar-refractivity contribution in [2.45, 2.75) is 5.03 Å². The van der Waals surface area contributed by atoms with E-state index >= 15 is 0 Å². The largest absolute Gasteiger partial charge is 0.375 e. The molecular weight excluding hydrogens is 228 g/mol. The van der Waals surface area contributed by atoms with Crippen LogP contribution in [0.2, 0.25) is 0 Å². The van der Waals surface area contributed by atoms with Crippen molar-refractivity contribution in [1.82, 2.24) is 4.73 Å². The molecule has 0 spiro atoms. The topological polar surface area (TPSA) is 74.3 Å². The van der Waals surface area contributed by atoms with Crippen LogP contribution in [-0.2, 0) is 10.0 Å². The van der Waals surface area contributed by atoms with E-state index in [9.17, 15) is 8.42 Å². The first kappa shape index (κ1) is 10.7. The summed E-state index contributed by atoms with van der Waals surface area (Å²) in [5, 5.41) is 4.94. The van der Waals surface area contributed by atoms with Gasteiger partial charge in [0.25, 0.3) is 10.0 Å². The van der Waals surface area contributed by atoms with Gasteiger partial charge < -0.3 is 4.84 Å². The summed E-state index contributed by atoms with van der Waals surface area (Å²) in [4.78, 5) is 5.33. The molecule has 84 valence electrons. The number of aromatic nitrogens is 1. The first-order valence-corrected chi connectivity index (χ1v) is 6.05. The molecular formula is C10H10N2O3S. The van der Waals surface area contributed by atoms with Gasteiger partial charge in [-0.15, -0.1) is 0 Å². The zero-order chi connectivity index (χ0) is 11.6. The number of nitrogens with two attached hydrogens (primary N) is 1. The molecule has 2 rings (SSSR count).